The van der Waals surface area contributed by atoms with Crippen LogP contribution in [0.15, 0.2) is 36.5 Å². The van der Waals surface area contributed by atoms with Gasteiger partial charge in [-0.05, 0) is 31.2 Å². The number of likely N-dealkylation sites (tertiary alicyclic amines) is 1. The molecule has 26 heavy (non-hydrogen) atoms. The van der Waals surface area contributed by atoms with Crippen molar-refractivity contribution in [2.75, 3.05) is 19.7 Å². The summed E-state index contributed by atoms with van der Waals surface area (Å²) in [7, 11) is 0. The van der Waals surface area contributed by atoms with Crippen molar-refractivity contribution in [3.8, 4) is 5.88 Å². The molecule has 0 bridgehead atoms. The molecule has 2 aliphatic heterocycles. The third-order valence-corrected chi connectivity index (χ3v) is 4.80. The number of ether oxygens (including phenoxy) is 2. The van der Waals surface area contributed by atoms with Crippen molar-refractivity contribution in [1.82, 2.24) is 14.9 Å². The van der Waals surface area contributed by atoms with Gasteiger partial charge in [0.1, 0.15) is 17.4 Å². The zero-order valence-corrected chi connectivity index (χ0v) is 14.5. The Morgan fingerprint density at radius 1 is 1.35 bits per heavy atom. The molecule has 0 aliphatic carbocycles. The van der Waals surface area contributed by atoms with Crippen LogP contribution < -0.4 is 4.74 Å². The summed E-state index contributed by atoms with van der Waals surface area (Å²) in [5.74, 6) is -0.545. The zero-order chi connectivity index (χ0) is 18.1. The first-order valence-electron chi connectivity index (χ1n) is 8.69. The molecule has 2 aromatic rings. The SMILES string of the molecule is Cc1cccc(C(=O)N2CC3(CC(Oc4ncccc4F)CCO3)C2)n1. The number of carbonyl (C=O) groups is 1. The van der Waals surface area contributed by atoms with E-state index in [1.807, 2.05) is 19.1 Å². The van der Waals surface area contributed by atoms with E-state index < -0.39 is 11.4 Å². The number of hydrogen-bond acceptors (Lipinski definition) is 5. The molecular weight excluding hydrogens is 337 g/mol. The Balaban J connectivity index is 1.38. The Kier molecular flexibility index (Phi) is 4.32. The minimum Gasteiger partial charge on any atom is -0.472 e. The number of pyridine rings is 2. The van der Waals surface area contributed by atoms with Gasteiger partial charge >= 0.3 is 0 Å². The Bertz CT molecular complexity index is 823. The minimum atomic E-state index is -0.469. The average molecular weight is 357 g/mol. The summed E-state index contributed by atoms with van der Waals surface area (Å²) in [4.78, 5) is 22.5. The predicted molar refractivity (Wildman–Crippen MR) is 91.4 cm³/mol. The molecule has 7 heteroatoms. The predicted octanol–water partition coefficient (Wildman–Crippen LogP) is 2.38. The second-order valence-corrected chi connectivity index (χ2v) is 6.88. The summed E-state index contributed by atoms with van der Waals surface area (Å²) in [5.41, 5.74) is 0.832. The van der Waals surface area contributed by atoms with Gasteiger partial charge in [-0.25, -0.2) is 14.4 Å². The lowest BCUT2D eigenvalue weighted by Crippen LogP contribution is -2.67. The number of rotatable bonds is 3. The maximum Gasteiger partial charge on any atom is 0.272 e. The van der Waals surface area contributed by atoms with Crippen molar-refractivity contribution in [3.05, 3.63) is 53.7 Å². The average Bonchev–Trinajstić information content (AvgIpc) is 2.61. The van der Waals surface area contributed by atoms with Crippen LogP contribution in [-0.2, 0) is 4.74 Å². The number of aryl methyl sites for hydroxylation is 1. The topological polar surface area (TPSA) is 64.6 Å². The molecule has 0 N–H and O–H groups in total. The molecule has 1 spiro atoms. The lowest BCUT2D eigenvalue weighted by atomic mass is 9.84. The number of nitrogens with zero attached hydrogens (tertiary/aromatic N) is 3. The standard InChI is InChI=1S/C19H20FN3O3/c1-13-4-2-6-16(22-13)18(24)23-11-19(12-23)10-14(7-9-25-19)26-17-15(20)5-3-8-21-17/h2-6,8,14H,7,9-12H2,1H3. The van der Waals surface area contributed by atoms with Crippen LogP contribution in [0.1, 0.15) is 29.0 Å². The van der Waals surface area contributed by atoms with Gasteiger partial charge in [0.15, 0.2) is 5.82 Å². The van der Waals surface area contributed by atoms with Gasteiger partial charge in [-0.3, -0.25) is 4.79 Å². The highest BCUT2D eigenvalue weighted by atomic mass is 19.1. The molecule has 1 amide bonds. The number of aromatic nitrogens is 2. The fourth-order valence-electron chi connectivity index (χ4n) is 3.54. The van der Waals surface area contributed by atoms with E-state index in [0.717, 1.165) is 5.69 Å². The molecule has 1 unspecified atom stereocenters. The number of hydrogen-bond donors (Lipinski definition) is 0. The van der Waals surface area contributed by atoms with Crippen LogP contribution in [0.25, 0.3) is 0 Å². The molecule has 136 valence electrons. The van der Waals surface area contributed by atoms with Crippen LogP contribution in [-0.4, -0.2) is 52.2 Å². The summed E-state index contributed by atoms with van der Waals surface area (Å²) in [6, 6.07) is 8.26. The summed E-state index contributed by atoms with van der Waals surface area (Å²) < 4.78 is 25.4. The normalized spacial score (nSPS) is 21.3. The smallest absolute Gasteiger partial charge is 0.272 e. The highest BCUT2D eigenvalue weighted by molar-refractivity contribution is 5.93. The monoisotopic (exact) mass is 357 g/mol. The first-order valence-corrected chi connectivity index (χ1v) is 8.69. The number of halogens is 1. The van der Waals surface area contributed by atoms with Crippen LogP contribution >= 0.6 is 0 Å². The maximum absolute atomic E-state index is 13.7. The van der Waals surface area contributed by atoms with Crippen LogP contribution in [0, 0.1) is 12.7 Å². The van der Waals surface area contributed by atoms with E-state index in [9.17, 15) is 9.18 Å². The van der Waals surface area contributed by atoms with E-state index in [4.69, 9.17) is 9.47 Å². The second-order valence-electron chi connectivity index (χ2n) is 6.88. The van der Waals surface area contributed by atoms with E-state index in [1.54, 1.807) is 11.0 Å². The zero-order valence-electron chi connectivity index (χ0n) is 14.5. The van der Waals surface area contributed by atoms with Crippen LogP contribution in [0.5, 0.6) is 5.88 Å². The molecule has 4 heterocycles. The van der Waals surface area contributed by atoms with E-state index in [1.165, 1.54) is 18.3 Å². The third-order valence-electron chi connectivity index (χ3n) is 4.80. The summed E-state index contributed by atoms with van der Waals surface area (Å²) in [6.45, 7) is 3.36. The molecule has 2 aliphatic rings. The van der Waals surface area contributed by atoms with E-state index >= 15 is 0 Å². The van der Waals surface area contributed by atoms with Crippen LogP contribution in [0.3, 0.4) is 0 Å². The Morgan fingerprint density at radius 2 is 2.19 bits per heavy atom. The Morgan fingerprint density at radius 3 is 2.96 bits per heavy atom. The highest BCUT2D eigenvalue weighted by Crippen LogP contribution is 2.36. The van der Waals surface area contributed by atoms with E-state index in [0.29, 0.717) is 38.2 Å². The van der Waals surface area contributed by atoms with Crippen molar-refractivity contribution in [2.24, 2.45) is 0 Å². The molecule has 4 rings (SSSR count). The first kappa shape index (κ1) is 16.9. The van der Waals surface area contributed by atoms with Gasteiger partial charge in [0, 0.05) is 24.7 Å². The largest absolute Gasteiger partial charge is 0.472 e. The number of carbonyl (C=O) groups excluding carboxylic acids is 1. The van der Waals surface area contributed by atoms with Gasteiger partial charge in [-0.15, -0.1) is 0 Å². The summed E-state index contributed by atoms with van der Waals surface area (Å²) in [6.07, 6.45) is 2.60. The maximum atomic E-state index is 13.7. The van der Waals surface area contributed by atoms with Gasteiger partial charge < -0.3 is 14.4 Å². The molecule has 6 nitrogen and oxygen atoms in total. The fraction of sp³-hybridized carbons (Fsp3) is 0.421. The quantitative estimate of drug-likeness (QED) is 0.844. The first-order chi connectivity index (χ1) is 12.5. The molecule has 0 saturated carbocycles. The van der Waals surface area contributed by atoms with Crippen molar-refractivity contribution in [1.29, 1.82) is 0 Å². The fourth-order valence-corrected chi connectivity index (χ4v) is 3.54. The molecule has 0 radical (unpaired) electrons. The molecular formula is C19H20FN3O3. The summed E-state index contributed by atoms with van der Waals surface area (Å²) >= 11 is 0. The highest BCUT2D eigenvalue weighted by Gasteiger charge is 2.50. The molecule has 2 fully saturated rings. The van der Waals surface area contributed by atoms with E-state index in [-0.39, 0.29) is 17.9 Å². The van der Waals surface area contributed by atoms with Gasteiger partial charge in [0.05, 0.1) is 19.7 Å². The van der Waals surface area contributed by atoms with Crippen molar-refractivity contribution < 1.29 is 18.7 Å². The molecule has 0 aromatic carbocycles. The third kappa shape index (κ3) is 3.26. The van der Waals surface area contributed by atoms with Gasteiger partial charge in [0.2, 0.25) is 0 Å². The van der Waals surface area contributed by atoms with Crippen molar-refractivity contribution in [2.45, 2.75) is 31.5 Å². The second kappa shape index (κ2) is 6.64. The number of amides is 1. The van der Waals surface area contributed by atoms with Gasteiger partial charge in [-0.2, -0.15) is 0 Å². The van der Waals surface area contributed by atoms with Crippen LogP contribution in [0.2, 0.25) is 0 Å². The van der Waals surface area contributed by atoms with Gasteiger partial charge in [-0.1, -0.05) is 6.07 Å². The van der Waals surface area contributed by atoms with Crippen LogP contribution in [0.4, 0.5) is 4.39 Å². The van der Waals surface area contributed by atoms with E-state index in [2.05, 4.69) is 9.97 Å². The Labute approximate surface area is 151 Å². The Hall–Kier alpha value is -2.54. The van der Waals surface area contributed by atoms with Gasteiger partial charge in [0.25, 0.3) is 11.8 Å². The van der Waals surface area contributed by atoms with Crippen molar-refractivity contribution >= 4 is 5.91 Å². The molecule has 2 aromatic heterocycles. The molecule has 2 saturated heterocycles. The summed E-state index contributed by atoms with van der Waals surface area (Å²) in [5, 5.41) is 0. The lowest BCUT2D eigenvalue weighted by Gasteiger charge is -2.52. The van der Waals surface area contributed by atoms with Crippen molar-refractivity contribution in [3.63, 3.8) is 0 Å². The minimum absolute atomic E-state index is 0.0192. The lowest BCUT2D eigenvalue weighted by molar-refractivity contribution is -0.174. The molecule has 1 atom stereocenters.